The number of carbonyl (C=O) groups is 1. The van der Waals surface area contributed by atoms with Crippen LogP contribution >= 0.6 is 23.2 Å². The molecule has 2 aliphatic rings. The van der Waals surface area contributed by atoms with Crippen LogP contribution in [0.2, 0.25) is 5.02 Å². The highest BCUT2D eigenvalue weighted by Crippen LogP contribution is 2.34. The summed E-state index contributed by atoms with van der Waals surface area (Å²) in [6.45, 7) is -0.126. The van der Waals surface area contributed by atoms with Crippen molar-refractivity contribution in [2.75, 3.05) is 19.8 Å². The number of nitrogens with one attached hydrogen (secondary N) is 1. The fraction of sp³-hybridized carbons (Fsp3) is 0.296. The lowest BCUT2D eigenvalue weighted by atomic mass is 9.92. The third kappa shape index (κ3) is 4.97. The lowest BCUT2D eigenvalue weighted by Crippen LogP contribution is -2.43. The Morgan fingerprint density at radius 1 is 1.08 bits per heavy atom. The van der Waals surface area contributed by atoms with E-state index in [1.807, 2.05) is 12.1 Å². The van der Waals surface area contributed by atoms with Gasteiger partial charge in [0.2, 0.25) is 0 Å². The number of nitrogens with zero attached hydrogens (tertiary/aromatic N) is 1. The molecule has 7 nitrogen and oxygen atoms in total. The Bertz CT molecular complexity index is 1350. The Balaban J connectivity index is 1.52. The maximum Gasteiger partial charge on any atom is 0.416 e. The van der Waals surface area contributed by atoms with Crippen molar-refractivity contribution in [3.63, 3.8) is 0 Å². The molecule has 3 aromatic rings. The number of carbonyl (C=O) groups excluding carboxylic acids is 1. The number of amides is 1. The second kappa shape index (κ2) is 10.6. The van der Waals surface area contributed by atoms with E-state index in [2.05, 4.69) is 17.1 Å². The fourth-order valence-electron chi connectivity index (χ4n) is 4.70. The van der Waals surface area contributed by atoms with Crippen molar-refractivity contribution in [1.29, 1.82) is 0 Å². The molecule has 2 unspecified atom stereocenters. The molecule has 5 rings (SSSR count). The van der Waals surface area contributed by atoms with Gasteiger partial charge in [-0.15, -0.1) is 11.6 Å². The minimum atomic E-state index is -0.701. The number of aliphatic hydroxyl groups is 2. The number of hydrogen-bond acceptors (Lipinski definition) is 5. The van der Waals surface area contributed by atoms with Gasteiger partial charge in [0.25, 0.3) is 0 Å². The van der Waals surface area contributed by atoms with Gasteiger partial charge in [-0.2, -0.15) is 0 Å². The Morgan fingerprint density at radius 3 is 2.47 bits per heavy atom. The van der Waals surface area contributed by atoms with E-state index in [9.17, 15) is 15.0 Å². The number of benzene rings is 2. The molecular formula is C27H26Cl2N2O5. The number of fused-ring (bicyclic) bond motifs is 3. The van der Waals surface area contributed by atoms with Gasteiger partial charge in [-0.05, 0) is 60.4 Å². The molecule has 3 N–H and O–H groups in total. The summed E-state index contributed by atoms with van der Waals surface area (Å²) in [5.74, 6) is 0.921. The van der Waals surface area contributed by atoms with Crippen molar-refractivity contribution < 1.29 is 24.5 Å². The van der Waals surface area contributed by atoms with E-state index in [4.69, 9.17) is 32.7 Å². The molecule has 1 aliphatic carbocycles. The summed E-state index contributed by atoms with van der Waals surface area (Å²) in [6.07, 6.45) is 4.41. The Morgan fingerprint density at radius 2 is 1.78 bits per heavy atom. The molecule has 1 aromatic heterocycles. The van der Waals surface area contributed by atoms with E-state index in [1.165, 1.54) is 0 Å². The SMILES string of the molecule is O=C(Oc1ccc(Cl)cc1)N1CCc2c([nH]c3c2=CC(Cl)CC=3)C1c1ccc(OC(CO)CO)cc1. The largest absolute Gasteiger partial charge is 0.486 e. The standard InChI is InChI=1S/C27H26Cl2N2O5/c28-17-3-8-20(9-4-17)36-27(34)31-12-11-22-23-13-18(29)5-10-24(23)30-25(22)26(31)16-1-6-19(7-2-16)35-21(14-32)15-33/h1-4,6-10,13,18,21,26,30,32-33H,5,11-12,14-15H2. The summed E-state index contributed by atoms with van der Waals surface area (Å²) in [5, 5.41) is 21.2. The Hall–Kier alpha value is -2.97. The van der Waals surface area contributed by atoms with Crippen molar-refractivity contribution >= 4 is 41.4 Å². The van der Waals surface area contributed by atoms with E-state index in [-0.39, 0.29) is 18.6 Å². The molecule has 9 heteroatoms. The first-order chi connectivity index (χ1) is 17.5. The van der Waals surface area contributed by atoms with Gasteiger partial charge in [0.05, 0.1) is 18.6 Å². The molecule has 2 aromatic carbocycles. The number of halogens is 2. The van der Waals surface area contributed by atoms with Gasteiger partial charge in [0, 0.05) is 27.8 Å². The van der Waals surface area contributed by atoms with Crippen LogP contribution in [0.15, 0.2) is 48.5 Å². The number of aliphatic hydroxyl groups excluding tert-OH is 2. The maximum absolute atomic E-state index is 13.4. The number of rotatable bonds is 6. The monoisotopic (exact) mass is 528 g/mol. The minimum absolute atomic E-state index is 0.0637. The summed E-state index contributed by atoms with van der Waals surface area (Å²) >= 11 is 12.4. The fourth-order valence-corrected chi connectivity index (χ4v) is 5.05. The summed E-state index contributed by atoms with van der Waals surface area (Å²) in [4.78, 5) is 18.6. The second-order valence-corrected chi connectivity index (χ2v) is 9.81. The topological polar surface area (TPSA) is 95.0 Å². The van der Waals surface area contributed by atoms with E-state index in [0.717, 1.165) is 33.8 Å². The molecule has 0 saturated heterocycles. The average molecular weight is 529 g/mol. The predicted molar refractivity (Wildman–Crippen MR) is 138 cm³/mol. The Labute approximate surface area is 218 Å². The Kier molecular flexibility index (Phi) is 7.25. The van der Waals surface area contributed by atoms with Gasteiger partial charge in [-0.1, -0.05) is 35.9 Å². The summed E-state index contributed by atoms with van der Waals surface area (Å²) in [5.41, 5.74) is 2.94. The van der Waals surface area contributed by atoms with Gasteiger partial charge in [-0.25, -0.2) is 4.79 Å². The first kappa shape index (κ1) is 24.7. The quantitative estimate of drug-likeness (QED) is 0.427. The van der Waals surface area contributed by atoms with Crippen molar-refractivity contribution in [2.24, 2.45) is 0 Å². The van der Waals surface area contributed by atoms with Gasteiger partial charge < -0.3 is 24.7 Å². The first-order valence-electron chi connectivity index (χ1n) is 11.8. The van der Waals surface area contributed by atoms with Gasteiger partial charge >= 0.3 is 6.09 Å². The molecule has 0 saturated carbocycles. The van der Waals surface area contributed by atoms with E-state index in [0.29, 0.717) is 29.5 Å². The van der Waals surface area contributed by atoms with Crippen LogP contribution < -0.4 is 20.0 Å². The van der Waals surface area contributed by atoms with Gasteiger partial charge in [0.1, 0.15) is 23.6 Å². The normalized spacial score (nSPS) is 18.6. The molecule has 2 atom stereocenters. The van der Waals surface area contributed by atoms with E-state index in [1.54, 1.807) is 41.3 Å². The predicted octanol–water partition coefficient (Wildman–Crippen LogP) is 3.12. The van der Waals surface area contributed by atoms with E-state index >= 15 is 0 Å². The number of aromatic nitrogens is 1. The van der Waals surface area contributed by atoms with Crippen molar-refractivity contribution in [3.8, 4) is 11.5 Å². The van der Waals surface area contributed by atoms with Crippen LogP contribution in [0.1, 0.15) is 29.3 Å². The number of hydrogen-bond donors (Lipinski definition) is 3. The third-order valence-electron chi connectivity index (χ3n) is 6.45. The lowest BCUT2D eigenvalue weighted by molar-refractivity contribution is 0.0629. The zero-order chi connectivity index (χ0) is 25.2. The lowest BCUT2D eigenvalue weighted by Gasteiger charge is -2.35. The molecule has 1 amide bonds. The minimum Gasteiger partial charge on any atom is -0.486 e. The van der Waals surface area contributed by atoms with Crippen molar-refractivity contribution in [2.45, 2.75) is 30.4 Å². The molecule has 1 aliphatic heterocycles. The van der Waals surface area contributed by atoms with Crippen LogP contribution in [0.5, 0.6) is 11.5 Å². The van der Waals surface area contributed by atoms with Crippen LogP contribution in [0.3, 0.4) is 0 Å². The molecule has 0 bridgehead atoms. The number of aromatic amines is 1. The molecule has 0 radical (unpaired) electrons. The molecule has 2 heterocycles. The summed E-state index contributed by atoms with van der Waals surface area (Å²) in [6, 6.07) is 13.5. The maximum atomic E-state index is 13.4. The van der Waals surface area contributed by atoms with E-state index < -0.39 is 18.2 Å². The van der Waals surface area contributed by atoms with Crippen LogP contribution in [0.25, 0.3) is 12.2 Å². The molecule has 188 valence electrons. The summed E-state index contributed by atoms with van der Waals surface area (Å²) in [7, 11) is 0. The van der Waals surface area contributed by atoms with Gasteiger partial charge in [-0.3, -0.25) is 4.90 Å². The summed E-state index contributed by atoms with van der Waals surface area (Å²) < 4.78 is 11.3. The highest BCUT2D eigenvalue weighted by Gasteiger charge is 2.35. The smallest absolute Gasteiger partial charge is 0.416 e. The zero-order valence-electron chi connectivity index (χ0n) is 19.4. The van der Waals surface area contributed by atoms with Gasteiger partial charge in [0.15, 0.2) is 0 Å². The first-order valence-corrected chi connectivity index (χ1v) is 12.6. The average Bonchev–Trinajstić information content (AvgIpc) is 3.26. The number of ether oxygens (including phenoxy) is 2. The van der Waals surface area contributed by atoms with Crippen LogP contribution in [0, 0.1) is 0 Å². The highest BCUT2D eigenvalue weighted by molar-refractivity contribution is 6.30. The third-order valence-corrected chi connectivity index (χ3v) is 7.01. The van der Waals surface area contributed by atoms with Crippen molar-refractivity contribution in [1.82, 2.24) is 9.88 Å². The second-order valence-electron chi connectivity index (χ2n) is 8.81. The van der Waals surface area contributed by atoms with Crippen LogP contribution in [-0.4, -0.2) is 57.4 Å². The molecule has 0 fully saturated rings. The van der Waals surface area contributed by atoms with Crippen molar-refractivity contribution in [3.05, 3.63) is 80.9 Å². The molecule has 36 heavy (non-hydrogen) atoms. The molecular weight excluding hydrogens is 503 g/mol. The molecule has 0 spiro atoms. The van der Waals surface area contributed by atoms with Crippen LogP contribution in [-0.2, 0) is 6.42 Å². The number of H-pyrrole nitrogens is 1. The number of alkyl halides is 1. The highest BCUT2D eigenvalue weighted by atomic mass is 35.5. The zero-order valence-corrected chi connectivity index (χ0v) is 20.9. The van der Waals surface area contributed by atoms with Crippen LogP contribution in [0.4, 0.5) is 4.79 Å².